The molecular formula is C44H61NO5Si. The molecule has 1 aliphatic heterocycles. The normalized spacial score (nSPS) is 18.2. The molecule has 3 aromatic rings. The first-order valence-corrected chi connectivity index (χ1v) is 20.3. The summed E-state index contributed by atoms with van der Waals surface area (Å²) in [4.78, 5) is 16.8. The van der Waals surface area contributed by atoms with E-state index in [1.165, 1.54) is 10.4 Å². The van der Waals surface area contributed by atoms with Gasteiger partial charge in [0.2, 0.25) is 5.91 Å². The van der Waals surface area contributed by atoms with E-state index in [1.807, 2.05) is 35.2 Å². The summed E-state index contributed by atoms with van der Waals surface area (Å²) >= 11 is 0. The van der Waals surface area contributed by atoms with Crippen molar-refractivity contribution in [2.75, 3.05) is 34.0 Å². The Bertz CT molecular complexity index is 1540. The second-order valence-corrected chi connectivity index (χ2v) is 20.3. The number of nitrogens with zero attached hydrogens (tertiary/aromatic N) is 1. The van der Waals surface area contributed by atoms with Crippen LogP contribution in [0.5, 0.6) is 5.75 Å². The molecule has 1 fully saturated rings. The van der Waals surface area contributed by atoms with Crippen molar-refractivity contribution in [3.63, 3.8) is 0 Å². The molecule has 0 N–H and O–H groups in total. The highest BCUT2D eigenvalue weighted by Gasteiger charge is 2.50. The van der Waals surface area contributed by atoms with Gasteiger partial charge < -0.3 is 23.5 Å². The minimum Gasteiger partial charge on any atom is -0.497 e. The quantitative estimate of drug-likeness (QED) is 0.0851. The predicted octanol–water partition coefficient (Wildman–Crippen LogP) is 8.30. The zero-order valence-corrected chi connectivity index (χ0v) is 33.5. The van der Waals surface area contributed by atoms with Crippen LogP contribution < -0.4 is 15.1 Å². The van der Waals surface area contributed by atoms with Gasteiger partial charge in [-0.3, -0.25) is 4.79 Å². The predicted molar refractivity (Wildman–Crippen MR) is 213 cm³/mol. The number of likely N-dealkylation sites (tertiary alicyclic amines) is 1. The van der Waals surface area contributed by atoms with Crippen LogP contribution in [-0.4, -0.2) is 70.8 Å². The van der Waals surface area contributed by atoms with Gasteiger partial charge >= 0.3 is 0 Å². The van der Waals surface area contributed by atoms with Crippen molar-refractivity contribution >= 4 is 30.7 Å². The van der Waals surface area contributed by atoms with Crippen LogP contribution in [0.15, 0.2) is 103 Å². The number of carbonyl (C=O) groups excluding carboxylic acids is 1. The van der Waals surface area contributed by atoms with Gasteiger partial charge in [0.15, 0.2) is 0 Å². The smallest absolute Gasteiger partial charge is 0.261 e. The van der Waals surface area contributed by atoms with Gasteiger partial charge in [0.05, 0.1) is 37.4 Å². The van der Waals surface area contributed by atoms with Gasteiger partial charge in [0.1, 0.15) is 5.75 Å². The Hall–Kier alpha value is -3.49. The van der Waals surface area contributed by atoms with Gasteiger partial charge in [-0.1, -0.05) is 118 Å². The molecule has 6 nitrogen and oxygen atoms in total. The Kier molecular flexibility index (Phi) is 14.1. The van der Waals surface area contributed by atoms with Crippen LogP contribution >= 0.6 is 0 Å². The Morgan fingerprint density at radius 3 is 2.10 bits per heavy atom. The van der Waals surface area contributed by atoms with Crippen molar-refractivity contribution in [3.8, 4) is 5.75 Å². The lowest BCUT2D eigenvalue weighted by atomic mass is 9.82. The molecule has 0 spiro atoms. The maximum absolute atomic E-state index is 14.8. The Morgan fingerprint density at radius 2 is 1.57 bits per heavy atom. The fourth-order valence-electron chi connectivity index (χ4n) is 7.64. The number of benzene rings is 3. The second kappa shape index (κ2) is 17.8. The fourth-order valence-corrected chi connectivity index (χ4v) is 12.2. The van der Waals surface area contributed by atoms with Gasteiger partial charge in [-0.05, 0) is 86.0 Å². The SMILES string of the molecule is C=C(C)[C@H](CCCO[Si](c1ccccc1)(c1ccccc1)C(C)(C)C)[C@@H](/C=C/c1cccc(OC)c1)C(=O)N1C[C@H](OC(C)(C)C)C[C@H]1COC. The molecule has 0 unspecified atom stereocenters. The maximum Gasteiger partial charge on any atom is 0.261 e. The molecule has 3 aromatic carbocycles. The highest BCUT2D eigenvalue weighted by Crippen LogP contribution is 2.38. The van der Waals surface area contributed by atoms with E-state index in [0.717, 1.165) is 36.1 Å². The zero-order chi connectivity index (χ0) is 37.2. The fraction of sp³-hybridized carbons (Fsp3) is 0.477. The van der Waals surface area contributed by atoms with Crippen molar-refractivity contribution < 1.29 is 23.4 Å². The first-order chi connectivity index (χ1) is 24.2. The first-order valence-electron chi connectivity index (χ1n) is 18.4. The zero-order valence-electron chi connectivity index (χ0n) is 32.5. The van der Waals surface area contributed by atoms with Crippen LogP contribution in [0.25, 0.3) is 6.08 Å². The number of methoxy groups -OCH3 is 2. The van der Waals surface area contributed by atoms with Crippen LogP contribution in [0.3, 0.4) is 0 Å². The maximum atomic E-state index is 14.8. The molecule has 276 valence electrons. The average Bonchev–Trinajstić information content (AvgIpc) is 3.48. The van der Waals surface area contributed by atoms with Crippen molar-refractivity contribution in [2.45, 2.75) is 90.5 Å². The lowest BCUT2D eigenvalue weighted by Crippen LogP contribution is -2.66. The molecule has 1 amide bonds. The van der Waals surface area contributed by atoms with E-state index in [2.05, 4.69) is 122 Å². The molecule has 0 bridgehead atoms. The Labute approximate surface area is 309 Å². The van der Waals surface area contributed by atoms with Gasteiger partial charge in [-0.2, -0.15) is 0 Å². The van der Waals surface area contributed by atoms with E-state index in [0.29, 0.717) is 19.8 Å². The average molecular weight is 712 g/mol. The first kappa shape index (κ1) is 40.3. The molecule has 4 atom stereocenters. The molecule has 1 aliphatic rings. The van der Waals surface area contributed by atoms with Crippen LogP contribution in [0, 0.1) is 11.8 Å². The number of hydrogen-bond donors (Lipinski definition) is 0. The summed E-state index contributed by atoms with van der Waals surface area (Å²) in [6, 6.07) is 29.3. The highest BCUT2D eigenvalue weighted by atomic mass is 28.4. The number of allylic oxidation sites excluding steroid dienone is 1. The molecule has 0 aromatic heterocycles. The largest absolute Gasteiger partial charge is 0.497 e. The summed E-state index contributed by atoms with van der Waals surface area (Å²) in [6.45, 7) is 21.2. The molecule has 51 heavy (non-hydrogen) atoms. The van der Waals surface area contributed by atoms with Gasteiger partial charge in [0, 0.05) is 20.3 Å². The van der Waals surface area contributed by atoms with Crippen molar-refractivity contribution in [1.82, 2.24) is 4.90 Å². The van der Waals surface area contributed by atoms with Gasteiger partial charge in [-0.15, -0.1) is 0 Å². The van der Waals surface area contributed by atoms with Crippen LogP contribution in [0.2, 0.25) is 5.04 Å². The third-order valence-electron chi connectivity index (χ3n) is 9.87. The third-order valence-corrected chi connectivity index (χ3v) is 14.9. The van der Waals surface area contributed by atoms with Crippen LogP contribution in [0.1, 0.15) is 73.3 Å². The van der Waals surface area contributed by atoms with Crippen molar-refractivity contribution in [2.24, 2.45) is 11.8 Å². The van der Waals surface area contributed by atoms with E-state index >= 15 is 0 Å². The van der Waals surface area contributed by atoms with Crippen LogP contribution in [0.4, 0.5) is 0 Å². The Balaban J connectivity index is 1.65. The third kappa shape index (κ3) is 10.3. The van der Waals surface area contributed by atoms with Crippen LogP contribution in [-0.2, 0) is 18.7 Å². The molecule has 0 saturated carbocycles. The Morgan fingerprint density at radius 1 is 0.941 bits per heavy atom. The summed E-state index contributed by atoms with van der Waals surface area (Å²) in [5.41, 5.74) is 1.66. The highest BCUT2D eigenvalue weighted by molar-refractivity contribution is 6.99. The van der Waals surface area contributed by atoms with E-state index in [9.17, 15) is 4.79 Å². The lowest BCUT2D eigenvalue weighted by Gasteiger charge is -2.43. The van der Waals surface area contributed by atoms with E-state index < -0.39 is 14.2 Å². The lowest BCUT2D eigenvalue weighted by molar-refractivity contribution is -0.138. The standard InChI is InChI=1S/C44H61NO5Si/c1-33(2)40(25-18-28-49-51(44(6,7)8,38-21-13-11-14-22-38)39-23-15-12-16-24-39)41(27-26-34-19-17-20-36(29-34)48-10)42(46)45-31-37(50-43(3,4)5)30-35(45)32-47-9/h11-17,19-24,26-27,29,35,37,40-41H,1,18,25,28,30-32H2,2-10H3/b27-26+/t35-,37+,40-,41+/m0/s1. The molecule has 0 aliphatic carbocycles. The number of ether oxygens (including phenoxy) is 3. The number of amides is 1. The number of carbonyl (C=O) groups is 1. The van der Waals surface area contributed by atoms with Crippen molar-refractivity contribution in [1.29, 1.82) is 0 Å². The summed E-state index contributed by atoms with van der Waals surface area (Å²) in [7, 11) is 0.681. The summed E-state index contributed by atoms with van der Waals surface area (Å²) in [5, 5.41) is 2.42. The molecule has 4 rings (SSSR count). The second-order valence-electron chi connectivity index (χ2n) is 16.0. The minimum atomic E-state index is -2.68. The molecular weight excluding hydrogens is 651 g/mol. The summed E-state index contributed by atoms with van der Waals surface area (Å²) in [5.74, 6) is 0.345. The molecule has 7 heteroatoms. The number of hydrogen-bond acceptors (Lipinski definition) is 5. The van der Waals surface area contributed by atoms with E-state index in [4.69, 9.17) is 18.6 Å². The summed E-state index contributed by atoms with van der Waals surface area (Å²) < 4.78 is 24.8. The molecule has 1 saturated heterocycles. The molecule has 1 heterocycles. The monoisotopic (exact) mass is 711 g/mol. The topological polar surface area (TPSA) is 57.2 Å². The van der Waals surface area contributed by atoms with Gasteiger partial charge in [-0.25, -0.2) is 0 Å². The van der Waals surface area contributed by atoms with E-state index in [1.54, 1.807) is 14.2 Å². The number of rotatable bonds is 16. The minimum absolute atomic E-state index is 0.0553. The van der Waals surface area contributed by atoms with E-state index in [-0.39, 0.29) is 34.6 Å². The van der Waals surface area contributed by atoms with Crippen molar-refractivity contribution in [3.05, 3.63) is 109 Å². The summed E-state index contributed by atoms with van der Waals surface area (Å²) in [6.07, 6.45) is 6.35. The van der Waals surface area contributed by atoms with Gasteiger partial charge in [0.25, 0.3) is 8.32 Å². The molecule has 0 radical (unpaired) electrons.